The SMILES string of the molecule is Cc1ccc(NC(=O)C2CCN(S(=O)(=O)c3ccc4c(c3)OCCO4)CC2)cc1Cl. The van der Waals surface area contributed by atoms with E-state index >= 15 is 0 Å². The number of benzene rings is 2. The third kappa shape index (κ3) is 4.26. The summed E-state index contributed by atoms with van der Waals surface area (Å²) in [6, 6.07) is 10.0. The highest BCUT2D eigenvalue weighted by atomic mass is 35.5. The molecule has 9 heteroatoms. The smallest absolute Gasteiger partial charge is 0.243 e. The fraction of sp³-hybridized carbons (Fsp3) is 0.381. The molecule has 1 N–H and O–H groups in total. The highest BCUT2D eigenvalue weighted by Gasteiger charge is 2.33. The molecule has 2 aliphatic heterocycles. The largest absolute Gasteiger partial charge is 0.486 e. The Morgan fingerprint density at radius 3 is 2.47 bits per heavy atom. The first kappa shape index (κ1) is 21.0. The Morgan fingerprint density at radius 2 is 1.77 bits per heavy atom. The standard InChI is InChI=1S/C21H23ClN2O5S/c1-14-2-3-16(12-18(14)22)23-21(25)15-6-8-24(9-7-15)30(26,27)17-4-5-19-20(13-17)29-11-10-28-19/h2-5,12-13,15H,6-11H2,1H3,(H,23,25). The summed E-state index contributed by atoms with van der Waals surface area (Å²) in [5.74, 6) is 0.614. The van der Waals surface area contributed by atoms with Crippen molar-refractivity contribution in [2.24, 2.45) is 5.92 Å². The maximum Gasteiger partial charge on any atom is 0.243 e. The van der Waals surface area contributed by atoms with Crippen LogP contribution in [0.1, 0.15) is 18.4 Å². The molecule has 2 heterocycles. The Morgan fingerprint density at radius 1 is 1.07 bits per heavy atom. The van der Waals surface area contributed by atoms with Gasteiger partial charge in [-0.25, -0.2) is 8.42 Å². The number of rotatable bonds is 4. The zero-order valence-electron chi connectivity index (χ0n) is 16.6. The molecular formula is C21H23ClN2O5S. The average Bonchev–Trinajstić information content (AvgIpc) is 2.76. The Hall–Kier alpha value is -2.29. The van der Waals surface area contributed by atoms with Gasteiger partial charge in [0.25, 0.3) is 0 Å². The number of amides is 1. The molecule has 7 nitrogen and oxygen atoms in total. The summed E-state index contributed by atoms with van der Waals surface area (Å²) >= 11 is 6.11. The number of sulfonamides is 1. The first-order valence-corrected chi connectivity index (χ1v) is 11.6. The van der Waals surface area contributed by atoms with Crippen molar-refractivity contribution in [1.29, 1.82) is 0 Å². The van der Waals surface area contributed by atoms with Crippen molar-refractivity contribution < 1.29 is 22.7 Å². The lowest BCUT2D eigenvalue weighted by atomic mass is 9.97. The normalized spacial score (nSPS) is 17.5. The molecule has 0 saturated carbocycles. The predicted octanol–water partition coefficient (Wildman–Crippen LogP) is 3.46. The van der Waals surface area contributed by atoms with E-state index in [1.54, 1.807) is 18.2 Å². The number of ether oxygens (including phenoxy) is 2. The number of fused-ring (bicyclic) bond motifs is 1. The van der Waals surface area contributed by atoms with Gasteiger partial charge >= 0.3 is 0 Å². The van der Waals surface area contributed by atoms with E-state index in [9.17, 15) is 13.2 Å². The summed E-state index contributed by atoms with van der Waals surface area (Å²) in [5, 5.41) is 3.47. The highest BCUT2D eigenvalue weighted by Crippen LogP contribution is 2.34. The Bertz CT molecular complexity index is 1070. The van der Waals surface area contributed by atoms with E-state index in [1.807, 2.05) is 13.0 Å². The van der Waals surface area contributed by atoms with E-state index in [0.29, 0.717) is 48.3 Å². The Labute approximate surface area is 181 Å². The second kappa shape index (κ2) is 8.45. The monoisotopic (exact) mass is 450 g/mol. The van der Waals surface area contributed by atoms with Crippen LogP contribution in [-0.4, -0.2) is 44.9 Å². The topological polar surface area (TPSA) is 84.9 Å². The molecule has 2 aromatic rings. The molecule has 2 aliphatic rings. The minimum Gasteiger partial charge on any atom is -0.486 e. The molecule has 160 valence electrons. The summed E-state index contributed by atoms with van der Waals surface area (Å²) < 4.78 is 38.4. The lowest BCUT2D eigenvalue weighted by Crippen LogP contribution is -2.41. The second-order valence-corrected chi connectivity index (χ2v) is 9.78. The molecule has 4 rings (SSSR count). The third-order valence-electron chi connectivity index (χ3n) is 5.42. The van der Waals surface area contributed by atoms with E-state index in [-0.39, 0.29) is 29.8 Å². The van der Waals surface area contributed by atoms with Gasteiger partial charge in [0.2, 0.25) is 15.9 Å². The molecule has 0 spiro atoms. The molecule has 0 atom stereocenters. The van der Waals surface area contributed by atoms with Crippen LogP contribution in [0.4, 0.5) is 5.69 Å². The maximum atomic E-state index is 13.0. The molecule has 30 heavy (non-hydrogen) atoms. The minimum absolute atomic E-state index is 0.119. The van der Waals surface area contributed by atoms with Crippen LogP contribution in [0.3, 0.4) is 0 Å². The lowest BCUT2D eigenvalue weighted by molar-refractivity contribution is -0.120. The van der Waals surface area contributed by atoms with Gasteiger partial charge in [-0.3, -0.25) is 4.79 Å². The molecule has 0 aliphatic carbocycles. The number of halogens is 1. The Kier molecular flexibility index (Phi) is 5.90. The number of nitrogens with one attached hydrogen (secondary N) is 1. The van der Waals surface area contributed by atoms with Crippen molar-refractivity contribution in [3.63, 3.8) is 0 Å². The Balaban J connectivity index is 1.39. The minimum atomic E-state index is -3.67. The van der Waals surface area contributed by atoms with Crippen LogP contribution in [0, 0.1) is 12.8 Å². The van der Waals surface area contributed by atoms with Crippen molar-refractivity contribution >= 4 is 33.2 Å². The van der Waals surface area contributed by atoms with E-state index < -0.39 is 10.0 Å². The number of carbonyl (C=O) groups excluding carboxylic acids is 1. The van der Waals surface area contributed by atoms with Gasteiger partial charge < -0.3 is 14.8 Å². The predicted molar refractivity (Wildman–Crippen MR) is 114 cm³/mol. The summed E-state index contributed by atoms with van der Waals surface area (Å²) in [4.78, 5) is 12.8. The van der Waals surface area contributed by atoms with Gasteiger partial charge in [0.1, 0.15) is 13.2 Å². The molecule has 2 aromatic carbocycles. The van der Waals surface area contributed by atoms with Crippen LogP contribution in [0.15, 0.2) is 41.3 Å². The van der Waals surface area contributed by atoms with Crippen molar-refractivity contribution in [2.45, 2.75) is 24.7 Å². The van der Waals surface area contributed by atoms with Crippen LogP contribution in [0.25, 0.3) is 0 Å². The van der Waals surface area contributed by atoms with Gasteiger partial charge in [0.15, 0.2) is 11.5 Å². The molecule has 0 bridgehead atoms. The van der Waals surface area contributed by atoms with Crippen molar-refractivity contribution in [3.05, 3.63) is 47.0 Å². The molecular weight excluding hydrogens is 428 g/mol. The number of aryl methyl sites for hydroxylation is 1. The average molecular weight is 451 g/mol. The van der Waals surface area contributed by atoms with Crippen LogP contribution in [0.5, 0.6) is 11.5 Å². The molecule has 0 aromatic heterocycles. The summed E-state index contributed by atoms with van der Waals surface area (Å²) in [5.41, 5.74) is 1.58. The fourth-order valence-electron chi connectivity index (χ4n) is 3.61. The zero-order valence-corrected chi connectivity index (χ0v) is 18.1. The maximum absolute atomic E-state index is 13.0. The summed E-state index contributed by atoms with van der Waals surface area (Å²) in [6.45, 7) is 3.30. The fourth-order valence-corrected chi connectivity index (χ4v) is 5.27. The van der Waals surface area contributed by atoms with Gasteiger partial charge in [0.05, 0.1) is 4.90 Å². The van der Waals surface area contributed by atoms with E-state index in [1.165, 1.54) is 16.4 Å². The van der Waals surface area contributed by atoms with Gasteiger partial charge in [-0.05, 0) is 49.6 Å². The van der Waals surface area contributed by atoms with Crippen LogP contribution in [-0.2, 0) is 14.8 Å². The first-order valence-electron chi connectivity index (χ1n) is 9.81. The van der Waals surface area contributed by atoms with Gasteiger partial charge in [-0.15, -0.1) is 0 Å². The molecule has 1 amide bonds. The number of carbonyl (C=O) groups is 1. The second-order valence-electron chi connectivity index (χ2n) is 7.44. The highest BCUT2D eigenvalue weighted by molar-refractivity contribution is 7.89. The van der Waals surface area contributed by atoms with Crippen LogP contribution >= 0.6 is 11.6 Å². The van der Waals surface area contributed by atoms with Gasteiger partial charge in [0, 0.05) is 35.8 Å². The molecule has 0 radical (unpaired) electrons. The molecule has 0 unspecified atom stereocenters. The van der Waals surface area contributed by atoms with E-state index in [0.717, 1.165) is 5.56 Å². The van der Waals surface area contributed by atoms with Crippen LogP contribution < -0.4 is 14.8 Å². The number of anilines is 1. The first-order chi connectivity index (χ1) is 14.3. The van der Waals surface area contributed by atoms with Crippen molar-refractivity contribution in [3.8, 4) is 11.5 Å². The number of hydrogen-bond donors (Lipinski definition) is 1. The molecule has 1 fully saturated rings. The van der Waals surface area contributed by atoms with E-state index in [4.69, 9.17) is 21.1 Å². The zero-order chi connectivity index (χ0) is 21.3. The van der Waals surface area contributed by atoms with Gasteiger partial charge in [-0.1, -0.05) is 17.7 Å². The van der Waals surface area contributed by atoms with E-state index in [2.05, 4.69) is 5.32 Å². The number of hydrogen-bond acceptors (Lipinski definition) is 5. The summed E-state index contributed by atoms with van der Waals surface area (Å²) in [7, 11) is -3.67. The number of nitrogens with zero attached hydrogens (tertiary/aromatic N) is 1. The van der Waals surface area contributed by atoms with Gasteiger partial charge in [-0.2, -0.15) is 4.31 Å². The van der Waals surface area contributed by atoms with Crippen molar-refractivity contribution in [1.82, 2.24) is 4.31 Å². The molecule has 1 saturated heterocycles. The number of piperidine rings is 1. The summed E-state index contributed by atoms with van der Waals surface area (Å²) in [6.07, 6.45) is 0.907. The van der Waals surface area contributed by atoms with Crippen molar-refractivity contribution in [2.75, 3.05) is 31.6 Å². The third-order valence-corrected chi connectivity index (χ3v) is 7.72. The van der Waals surface area contributed by atoms with Crippen LogP contribution in [0.2, 0.25) is 5.02 Å². The quantitative estimate of drug-likeness (QED) is 0.771. The lowest BCUT2D eigenvalue weighted by Gasteiger charge is -2.31.